The zero-order valence-corrected chi connectivity index (χ0v) is 17.1. The molecule has 2 aromatic heterocycles. The third-order valence-electron chi connectivity index (χ3n) is 6.03. The molecule has 0 radical (unpaired) electrons. The summed E-state index contributed by atoms with van der Waals surface area (Å²) in [5, 5.41) is 15.1. The maximum absolute atomic E-state index is 14.7. The van der Waals surface area contributed by atoms with Crippen LogP contribution in [0.4, 0.5) is 10.2 Å². The minimum absolute atomic E-state index is 0.118. The Morgan fingerprint density at radius 2 is 1.93 bits per heavy atom. The molecule has 2 aliphatic heterocycles. The van der Waals surface area contributed by atoms with Gasteiger partial charge in [0, 0.05) is 37.0 Å². The summed E-state index contributed by atoms with van der Waals surface area (Å²) < 4.78 is 21.8. The number of piperidine rings is 1. The Hall–Kier alpha value is -2.78. The van der Waals surface area contributed by atoms with Crippen molar-refractivity contribution in [2.45, 2.75) is 24.6 Å². The topological polar surface area (TPSA) is 79.5 Å². The summed E-state index contributed by atoms with van der Waals surface area (Å²) in [7, 11) is 3.48. The van der Waals surface area contributed by atoms with E-state index in [-0.39, 0.29) is 18.0 Å². The Balaban J connectivity index is 1.54. The van der Waals surface area contributed by atoms with Gasteiger partial charge in [0.2, 0.25) is 0 Å². The normalized spacial score (nSPS) is 23.0. The molecule has 1 aromatic carbocycles. The van der Waals surface area contributed by atoms with E-state index in [1.165, 1.54) is 7.11 Å². The third-order valence-corrected chi connectivity index (χ3v) is 6.03. The molecule has 1 N–H and O–H groups in total. The van der Waals surface area contributed by atoms with Gasteiger partial charge < -0.3 is 19.6 Å². The molecular weight excluding hydrogens is 387 g/mol. The van der Waals surface area contributed by atoms with Gasteiger partial charge in [0.25, 0.3) is 0 Å². The highest BCUT2D eigenvalue weighted by molar-refractivity contribution is 5.81. The molecule has 0 saturated carbocycles. The molecule has 9 heteroatoms. The Labute approximate surface area is 173 Å². The van der Waals surface area contributed by atoms with Crippen LogP contribution in [0.5, 0.6) is 6.01 Å². The van der Waals surface area contributed by atoms with Gasteiger partial charge in [0.1, 0.15) is 12.0 Å². The summed E-state index contributed by atoms with van der Waals surface area (Å²) in [6.45, 7) is 2.39. The number of anilines is 1. The van der Waals surface area contributed by atoms with Crippen LogP contribution in [-0.4, -0.2) is 82.4 Å². The van der Waals surface area contributed by atoms with Crippen LogP contribution in [0.15, 0.2) is 30.5 Å². The fourth-order valence-electron chi connectivity index (χ4n) is 4.29. The van der Waals surface area contributed by atoms with Crippen molar-refractivity contribution in [3.05, 3.63) is 36.0 Å². The number of aliphatic hydroxyl groups is 1. The van der Waals surface area contributed by atoms with Crippen molar-refractivity contribution in [2.75, 3.05) is 45.2 Å². The van der Waals surface area contributed by atoms with Crippen LogP contribution in [0, 0.1) is 0 Å². The smallest absolute Gasteiger partial charge is 0.320 e. The summed E-state index contributed by atoms with van der Waals surface area (Å²) >= 11 is 0. The standard InChI is InChI=1S/C21H25FN6O2/c1-26-6-5-16(17(22)12-26)13-3-4-14-9-23-28(18(14)7-13)20-8-19(24-21(25-20)30-2)27-10-15(29)11-27/h3-4,7-9,15-17,29H,5-6,10-12H2,1-2H3/t16-,17-/m1/s1. The van der Waals surface area contributed by atoms with Crippen molar-refractivity contribution in [3.63, 3.8) is 0 Å². The molecule has 5 rings (SSSR count). The van der Waals surface area contributed by atoms with Crippen molar-refractivity contribution < 1.29 is 14.2 Å². The highest BCUT2D eigenvalue weighted by Crippen LogP contribution is 2.33. The average Bonchev–Trinajstić information content (AvgIpc) is 3.14. The lowest BCUT2D eigenvalue weighted by Gasteiger charge is -2.36. The minimum atomic E-state index is -0.888. The monoisotopic (exact) mass is 412 g/mol. The quantitative estimate of drug-likeness (QED) is 0.700. The van der Waals surface area contributed by atoms with E-state index in [1.54, 1.807) is 10.9 Å². The lowest BCUT2D eigenvalue weighted by molar-refractivity contribution is 0.139. The van der Waals surface area contributed by atoms with E-state index in [0.717, 1.165) is 29.4 Å². The van der Waals surface area contributed by atoms with Gasteiger partial charge in [0.15, 0.2) is 5.82 Å². The van der Waals surface area contributed by atoms with Crippen molar-refractivity contribution in [2.24, 2.45) is 0 Å². The average molecular weight is 412 g/mol. The number of nitrogens with zero attached hydrogens (tertiary/aromatic N) is 6. The maximum atomic E-state index is 14.7. The molecule has 30 heavy (non-hydrogen) atoms. The number of hydrogen-bond donors (Lipinski definition) is 1. The van der Waals surface area contributed by atoms with Gasteiger partial charge in [-0.2, -0.15) is 15.1 Å². The number of benzene rings is 1. The fraction of sp³-hybridized carbons (Fsp3) is 0.476. The van der Waals surface area contributed by atoms with Crippen LogP contribution in [0.3, 0.4) is 0 Å². The molecule has 8 nitrogen and oxygen atoms in total. The largest absolute Gasteiger partial charge is 0.467 e. The van der Waals surface area contributed by atoms with Gasteiger partial charge in [-0.05, 0) is 31.6 Å². The van der Waals surface area contributed by atoms with E-state index >= 15 is 0 Å². The lowest BCUT2D eigenvalue weighted by atomic mass is 9.88. The molecule has 0 amide bonds. The zero-order chi connectivity index (χ0) is 20.8. The van der Waals surface area contributed by atoms with Crippen molar-refractivity contribution in [1.82, 2.24) is 24.6 Å². The summed E-state index contributed by atoms with van der Waals surface area (Å²) in [6.07, 6.45) is 1.34. The predicted molar refractivity (Wildman–Crippen MR) is 111 cm³/mol. The first kappa shape index (κ1) is 19.2. The molecule has 2 fully saturated rings. The number of β-amino-alcohol motifs (C(OH)–C–C–N with tert-alkyl or cyclic N) is 1. The number of aliphatic hydroxyl groups excluding tert-OH is 1. The second-order valence-electron chi connectivity index (χ2n) is 8.18. The number of methoxy groups -OCH3 is 1. The summed E-state index contributed by atoms with van der Waals surface area (Å²) in [4.78, 5) is 12.9. The Morgan fingerprint density at radius 3 is 2.67 bits per heavy atom. The summed E-state index contributed by atoms with van der Waals surface area (Å²) in [5.74, 6) is 1.14. The number of halogens is 1. The Bertz CT molecular complexity index is 1070. The molecule has 0 unspecified atom stereocenters. The van der Waals surface area contributed by atoms with Crippen LogP contribution in [-0.2, 0) is 0 Å². The van der Waals surface area contributed by atoms with Crippen LogP contribution in [0.2, 0.25) is 0 Å². The highest BCUT2D eigenvalue weighted by Gasteiger charge is 2.30. The van der Waals surface area contributed by atoms with Crippen molar-refractivity contribution >= 4 is 16.7 Å². The Morgan fingerprint density at radius 1 is 1.13 bits per heavy atom. The number of hydrogen-bond acceptors (Lipinski definition) is 7. The van der Waals surface area contributed by atoms with E-state index in [4.69, 9.17) is 4.74 Å². The van der Waals surface area contributed by atoms with E-state index in [1.807, 2.05) is 41.1 Å². The number of ether oxygens (including phenoxy) is 1. The van der Waals surface area contributed by atoms with Gasteiger partial charge >= 0.3 is 6.01 Å². The van der Waals surface area contributed by atoms with E-state index in [9.17, 15) is 9.50 Å². The number of fused-ring (bicyclic) bond motifs is 1. The number of aromatic nitrogens is 4. The van der Waals surface area contributed by atoms with Gasteiger partial charge in [-0.25, -0.2) is 9.07 Å². The Kier molecular flexibility index (Phi) is 4.79. The first-order valence-corrected chi connectivity index (χ1v) is 10.2. The molecule has 0 bridgehead atoms. The molecule has 0 spiro atoms. The zero-order valence-electron chi connectivity index (χ0n) is 17.1. The van der Waals surface area contributed by atoms with Gasteiger partial charge in [-0.15, -0.1) is 0 Å². The second-order valence-corrected chi connectivity index (χ2v) is 8.18. The molecule has 4 heterocycles. The SMILES string of the molecule is COc1nc(N2CC(O)C2)cc(-n2ncc3ccc([C@H]4CCN(C)C[C@H]4F)cc32)n1. The van der Waals surface area contributed by atoms with Crippen molar-refractivity contribution in [1.29, 1.82) is 0 Å². The molecule has 3 aromatic rings. The van der Waals surface area contributed by atoms with E-state index < -0.39 is 6.17 Å². The van der Waals surface area contributed by atoms with E-state index in [0.29, 0.717) is 31.3 Å². The molecule has 2 atom stereocenters. The first-order valence-electron chi connectivity index (χ1n) is 10.2. The highest BCUT2D eigenvalue weighted by atomic mass is 19.1. The van der Waals surface area contributed by atoms with Crippen LogP contribution < -0.4 is 9.64 Å². The van der Waals surface area contributed by atoms with Gasteiger partial charge in [-0.1, -0.05) is 12.1 Å². The minimum Gasteiger partial charge on any atom is -0.467 e. The first-order chi connectivity index (χ1) is 14.5. The van der Waals surface area contributed by atoms with E-state index in [2.05, 4.69) is 15.1 Å². The fourth-order valence-corrected chi connectivity index (χ4v) is 4.29. The van der Waals surface area contributed by atoms with Crippen LogP contribution >= 0.6 is 0 Å². The maximum Gasteiger partial charge on any atom is 0.320 e. The lowest BCUT2D eigenvalue weighted by Crippen LogP contribution is -2.51. The number of alkyl halides is 1. The third kappa shape index (κ3) is 3.37. The number of likely N-dealkylation sites (tertiary alicyclic amines) is 1. The van der Waals surface area contributed by atoms with Crippen LogP contribution in [0.1, 0.15) is 17.9 Å². The van der Waals surface area contributed by atoms with Crippen LogP contribution in [0.25, 0.3) is 16.7 Å². The van der Waals surface area contributed by atoms with Crippen molar-refractivity contribution in [3.8, 4) is 11.8 Å². The summed E-state index contributed by atoms with van der Waals surface area (Å²) in [6, 6.07) is 8.09. The molecule has 0 aliphatic carbocycles. The van der Waals surface area contributed by atoms with Gasteiger partial charge in [-0.3, -0.25) is 0 Å². The number of rotatable bonds is 4. The molecule has 2 aliphatic rings. The molecule has 158 valence electrons. The molecular formula is C21H25FN6O2. The predicted octanol–water partition coefficient (Wildman–Crippen LogP) is 1.76. The second kappa shape index (κ2) is 7.48. The summed E-state index contributed by atoms with van der Waals surface area (Å²) in [5.41, 5.74) is 1.85. The molecule has 2 saturated heterocycles. The van der Waals surface area contributed by atoms with Gasteiger partial charge in [0.05, 0.1) is 24.9 Å².